The zero-order valence-electron chi connectivity index (χ0n) is 7.70. The zero-order valence-corrected chi connectivity index (χ0v) is 8.60. The van der Waals surface area contributed by atoms with E-state index in [1.807, 2.05) is 6.92 Å². The van der Waals surface area contributed by atoms with Crippen molar-refractivity contribution in [3.8, 4) is 0 Å². The molecule has 0 amide bonds. The van der Waals surface area contributed by atoms with E-state index in [9.17, 15) is 8.42 Å². The van der Waals surface area contributed by atoms with Crippen molar-refractivity contribution < 1.29 is 8.42 Å². The van der Waals surface area contributed by atoms with Crippen molar-refractivity contribution in [1.29, 1.82) is 0 Å². The molecule has 2 unspecified atom stereocenters. The average molecular weight is 178 g/mol. The minimum atomic E-state index is -2.20. The van der Waals surface area contributed by atoms with Gasteiger partial charge in [-0.2, -0.15) is 0 Å². The van der Waals surface area contributed by atoms with Crippen LogP contribution in [-0.4, -0.2) is 14.2 Å². The van der Waals surface area contributed by atoms with Crippen LogP contribution in [0, 0.1) is 17.8 Å². The molecule has 3 heteroatoms. The summed E-state index contributed by atoms with van der Waals surface area (Å²) in [7, 11) is -2.20. The van der Waals surface area contributed by atoms with Crippen molar-refractivity contribution in [3.63, 3.8) is 0 Å². The number of thiol groups is 1. The second kappa shape index (κ2) is 4.75. The first kappa shape index (κ1) is 11.0. The summed E-state index contributed by atoms with van der Waals surface area (Å²) < 4.78 is 20.7. The minimum absolute atomic E-state index is 0.288. The molecule has 0 rings (SSSR count). The predicted octanol–water partition coefficient (Wildman–Crippen LogP) is 1.53. The van der Waals surface area contributed by atoms with Gasteiger partial charge in [-0.15, -0.1) is 0 Å². The zero-order chi connectivity index (χ0) is 9.02. The van der Waals surface area contributed by atoms with Crippen molar-refractivity contribution in [2.45, 2.75) is 27.7 Å². The molecule has 0 N–H and O–H groups in total. The molecule has 0 saturated carbocycles. The van der Waals surface area contributed by atoms with Crippen LogP contribution in [0.2, 0.25) is 0 Å². The van der Waals surface area contributed by atoms with Gasteiger partial charge in [0.1, 0.15) is 10.7 Å². The van der Waals surface area contributed by atoms with Gasteiger partial charge in [0.05, 0.1) is 5.75 Å². The Hall–Kier alpha value is -0.0500. The van der Waals surface area contributed by atoms with E-state index in [0.717, 1.165) is 0 Å². The molecule has 2 atom stereocenters. The van der Waals surface area contributed by atoms with Crippen LogP contribution in [0.5, 0.6) is 0 Å². The Morgan fingerprint density at radius 3 is 1.82 bits per heavy atom. The summed E-state index contributed by atoms with van der Waals surface area (Å²) in [6.07, 6.45) is 0. The van der Waals surface area contributed by atoms with Gasteiger partial charge in [-0.25, -0.2) is 8.42 Å². The third-order valence-electron chi connectivity index (χ3n) is 2.39. The lowest BCUT2D eigenvalue weighted by atomic mass is 9.87. The molecular formula is C8H18O2S. The molecule has 0 spiro atoms. The molecule has 0 radical (unpaired) electrons. The Morgan fingerprint density at radius 2 is 1.55 bits per heavy atom. The van der Waals surface area contributed by atoms with Gasteiger partial charge in [0.2, 0.25) is 0 Å². The van der Waals surface area contributed by atoms with E-state index in [1.54, 1.807) is 0 Å². The van der Waals surface area contributed by atoms with E-state index in [4.69, 9.17) is 0 Å². The molecule has 2 nitrogen and oxygen atoms in total. The molecule has 68 valence electrons. The highest BCUT2D eigenvalue weighted by molar-refractivity contribution is 7.72. The summed E-state index contributed by atoms with van der Waals surface area (Å²) in [6.45, 7) is 8.35. The molecule has 0 saturated heterocycles. The van der Waals surface area contributed by atoms with E-state index in [0.29, 0.717) is 17.6 Å². The summed E-state index contributed by atoms with van der Waals surface area (Å²) in [6, 6.07) is 0. The normalized spacial score (nSPS) is 17.3. The van der Waals surface area contributed by atoms with Gasteiger partial charge in [-0.05, 0) is 17.8 Å². The van der Waals surface area contributed by atoms with Crippen LogP contribution in [-0.2, 0) is 10.7 Å². The van der Waals surface area contributed by atoms with E-state index >= 15 is 0 Å². The molecule has 0 aromatic rings. The molecule has 0 aromatic heterocycles. The second-order valence-electron chi connectivity index (χ2n) is 3.60. The molecule has 0 aliphatic heterocycles. The van der Waals surface area contributed by atoms with Crippen LogP contribution >= 0.6 is 0 Å². The van der Waals surface area contributed by atoms with Crippen LogP contribution < -0.4 is 0 Å². The fourth-order valence-corrected chi connectivity index (χ4v) is 1.86. The largest absolute Gasteiger partial charge is 0.232 e. The Labute approximate surface area is 71.0 Å². The van der Waals surface area contributed by atoms with E-state index < -0.39 is 10.7 Å². The summed E-state index contributed by atoms with van der Waals surface area (Å²) >= 11 is 0. The van der Waals surface area contributed by atoms with Gasteiger partial charge < -0.3 is 0 Å². The number of hydrogen-bond acceptors (Lipinski definition) is 2. The van der Waals surface area contributed by atoms with E-state index in [-0.39, 0.29) is 5.92 Å². The van der Waals surface area contributed by atoms with E-state index in [1.165, 1.54) is 0 Å². The number of hydrogen-bond donors (Lipinski definition) is 1. The smallest absolute Gasteiger partial charge is 0.140 e. The highest BCUT2D eigenvalue weighted by atomic mass is 32.2. The van der Waals surface area contributed by atoms with Gasteiger partial charge in [0.15, 0.2) is 0 Å². The Bertz CT molecular complexity index is 165. The monoisotopic (exact) mass is 178 g/mol. The lowest BCUT2D eigenvalue weighted by Crippen LogP contribution is -2.18. The lowest BCUT2D eigenvalue weighted by Gasteiger charge is -2.20. The molecule has 11 heavy (non-hydrogen) atoms. The maximum Gasteiger partial charge on any atom is 0.140 e. The third-order valence-corrected chi connectivity index (χ3v) is 3.26. The van der Waals surface area contributed by atoms with Crippen LogP contribution in [0.1, 0.15) is 27.7 Å². The molecule has 0 aliphatic carbocycles. The van der Waals surface area contributed by atoms with Gasteiger partial charge in [0, 0.05) is 0 Å². The third kappa shape index (κ3) is 4.40. The van der Waals surface area contributed by atoms with E-state index in [2.05, 4.69) is 20.8 Å². The maximum atomic E-state index is 10.4. The number of rotatable bonds is 4. The van der Waals surface area contributed by atoms with Crippen molar-refractivity contribution in [2.75, 3.05) is 5.75 Å². The van der Waals surface area contributed by atoms with Crippen LogP contribution in [0.4, 0.5) is 0 Å². The molecule has 0 aromatic carbocycles. The summed E-state index contributed by atoms with van der Waals surface area (Å²) in [5.74, 6) is 1.67. The van der Waals surface area contributed by atoms with Gasteiger partial charge >= 0.3 is 0 Å². The highest BCUT2D eigenvalue weighted by Gasteiger charge is 2.15. The van der Waals surface area contributed by atoms with Crippen LogP contribution in [0.25, 0.3) is 0 Å². The Kier molecular flexibility index (Phi) is 4.73. The first-order valence-electron chi connectivity index (χ1n) is 4.07. The maximum absolute atomic E-state index is 10.4. The Balaban J connectivity index is 3.92. The summed E-state index contributed by atoms with van der Waals surface area (Å²) in [5, 5.41) is 0. The Morgan fingerprint density at radius 1 is 1.09 bits per heavy atom. The summed E-state index contributed by atoms with van der Waals surface area (Å²) in [5.41, 5.74) is 0. The summed E-state index contributed by atoms with van der Waals surface area (Å²) in [4.78, 5) is 0. The van der Waals surface area contributed by atoms with Crippen molar-refractivity contribution >= 4 is 10.7 Å². The van der Waals surface area contributed by atoms with Crippen molar-refractivity contribution in [1.82, 2.24) is 0 Å². The first-order valence-corrected chi connectivity index (χ1v) is 5.43. The van der Waals surface area contributed by atoms with Gasteiger partial charge in [0.25, 0.3) is 0 Å². The quantitative estimate of drug-likeness (QED) is 0.662. The highest BCUT2D eigenvalue weighted by Crippen LogP contribution is 2.19. The average Bonchev–Trinajstić information content (AvgIpc) is 1.84. The molecule has 0 aliphatic rings. The fraction of sp³-hybridized carbons (Fsp3) is 1.00. The van der Waals surface area contributed by atoms with Crippen molar-refractivity contribution in [2.24, 2.45) is 17.8 Å². The predicted molar refractivity (Wildman–Crippen MR) is 48.3 cm³/mol. The fourth-order valence-electron chi connectivity index (χ4n) is 1.06. The molecule has 0 bridgehead atoms. The first-order chi connectivity index (χ1) is 4.95. The van der Waals surface area contributed by atoms with Crippen LogP contribution in [0.3, 0.4) is 0 Å². The topological polar surface area (TPSA) is 34.1 Å². The molecule has 0 heterocycles. The molecule has 0 fully saturated rings. The second-order valence-corrected chi connectivity index (χ2v) is 4.63. The SMILES string of the molecule is CC(C)C(C)C(C)C[SH](=O)=O. The standard InChI is InChI=1S/C8H18O2S/c1-6(2)8(4)7(3)5-11(9)10/h6-8,11H,5H2,1-4H3. The van der Waals surface area contributed by atoms with Gasteiger partial charge in [-0.3, -0.25) is 0 Å². The minimum Gasteiger partial charge on any atom is -0.232 e. The van der Waals surface area contributed by atoms with Crippen LogP contribution in [0.15, 0.2) is 0 Å². The van der Waals surface area contributed by atoms with Gasteiger partial charge in [-0.1, -0.05) is 27.7 Å². The van der Waals surface area contributed by atoms with Crippen molar-refractivity contribution in [3.05, 3.63) is 0 Å². The lowest BCUT2D eigenvalue weighted by molar-refractivity contribution is 0.318. The molecular weight excluding hydrogens is 160 g/mol.